The van der Waals surface area contributed by atoms with E-state index in [1.165, 1.54) is 84.2 Å². The van der Waals surface area contributed by atoms with Gasteiger partial charge in [0.1, 0.15) is 0 Å². The van der Waals surface area contributed by atoms with E-state index in [2.05, 4.69) is 22.2 Å². The quantitative estimate of drug-likeness (QED) is 0.854. The van der Waals surface area contributed by atoms with Crippen LogP contribution in [0.15, 0.2) is 0 Å². The van der Waals surface area contributed by atoms with Gasteiger partial charge in [0, 0.05) is 32.2 Å². The van der Waals surface area contributed by atoms with Gasteiger partial charge >= 0.3 is 0 Å². The first-order valence-electron chi connectivity index (χ1n) is 8.95. The van der Waals surface area contributed by atoms with Gasteiger partial charge in [0.2, 0.25) is 0 Å². The van der Waals surface area contributed by atoms with Gasteiger partial charge in [-0.15, -0.1) is 0 Å². The SMILES string of the molecule is CN1CCC(CN2CCNC(C3CCCCC3)C2)CC1. The Kier molecular flexibility index (Phi) is 5.36. The summed E-state index contributed by atoms with van der Waals surface area (Å²) in [5, 5.41) is 3.81. The van der Waals surface area contributed by atoms with Crippen molar-refractivity contribution >= 4 is 0 Å². The highest BCUT2D eigenvalue weighted by molar-refractivity contribution is 4.87. The summed E-state index contributed by atoms with van der Waals surface area (Å²) < 4.78 is 0. The van der Waals surface area contributed by atoms with Crippen LogP contribution in [0.2, 0.25) is 0 Å². The lowest BCUT2D eigenvalue weighted by molar-refractivity contribution is 0.110. The maximum absolute atomic E-state index is 3.81. The number of rotatable bonds is 3. The summed E-state index contributed by atoms with van der Waals surface area (Å²) in [7, 11) is 2.26. The molecular formula is C17H33N3. The van der Waals surface area contributed by atoms with Crippen LogP contribution in [0.3, 0.4) is 0 Å². The zero-order valence-electron chi connectivity index (χ0n) is 13.3. The first-order chi connectivity index (χ1) is 9.81. The Morgan fingerprint density at radius 2 is 1.70 bits per heavy atom. The van der Waals surface area contributed by atoms with Crippen LogP contribution >= 0.6 is 0 Å². The Morgan fingerprint density at radius 1 is 0.950 bits per heavy atom. The second-order valence-electron chi connectivity index (χ2n) is 7.46. The predicted molar refractivity (Wildman–Crippen MR) is 85.0 cm³/mol. The van der Waals surface area contributed by atoms with Crippen molar-refractivity contribution in [1.29, 1.82) is 0 Å². The zero-order valence-corrected chi connectivity index (χ0v) is 13.3. The van der Waals surface area contributed by atoms with Crippen molar-refractivity contribution in [3.63, 3.8) is 0 Å². The van der Waals surface area contributed by atoms with Crippen molar-refractivity contribution in [3.05, 3.63) is 0 Å². The van der Waals surface area contributed by atoms with Gasteiger partial charge in [-0.05, 0) is 57.7 Å². The molecule has 0 radical (unpaired) electrons. The monoisotopic (exact) mass is 279 g/mol. The second-order valence-corrected chi connectivity index (χ2v) is 7.46. The third kappa shape index (κ3) is 3.96. The summed E-state index contributed by atoms with van der Waals surface area (Å²) >= 11 is 0. The van der Waals surface area contributed by atoms with Gasteiger partial charge in [-0.2, -0.15) is 0 Å². The molecule has 1 N–H and O–H groups in total. The van der Waals surface area contributed by atoms with E-state index in [1.807, 2.05) is 0 Å². The molecule has 1 unspecified atom stereocenters. The van der Waals surface area contributed by atoms with Crippen LogP contribution in [0.4, 0.5) is 0 Å². The summed E-state index contributed by atoms with van der Waals surface area (Å²) in [5.41, 5.74) is 0. The molecule has 3 fully saturated rings. The molecule has 1 aliphatic carbocycles. The summed E-state index contributed by atoms with van der Waals surface area (Å²) in [6, 6.07) is 0.787. The first kappa shape index (κ1) is 14.8. The van der Waals surface area contributed by atoms with E-state index < -0.39 is 0 Å². The van der Waals surface area contributed by atoms with Gasteiger partial charge < -0.3 is 15.1 Å². The van der Waals surface area contributed by atoms with Crippen LogP contribution in [-0.2, 0) is 0 Å². The van der Waals surface area contributed by atoms with Crippen LogP contribution in [-0.4, -0.2) is 62.2 Å². The lowest BCUT2D eigenvalue weighted by Gasteiger charge is -2.41. The largest absolute Gasteiger partial charge is 0.311 e. The number of piperidine rings is 1. The third-order valence-corrected chi connectivity index (χ3v) is 5.86. The molecule has 0 bridgehead atoms. The number of nitrogens with one attached hydrogen (secondary N) is 1. The lowest BCUT2D eigenvalue weighted by Crippen LogP contribution is -2.55. The molecule has 20 heavy (non-hydrogen) atoms. The smallest absolute Gasteiger partial charge is 0.0223 e. The van der Waals surface area contributed by atoms with Gasteiger partial charge in [0.15, 0.2) is 0 Å². The van der Waals surface area contributed by atoms with Crippen molar-refractivity contribution in [2.24, 2.45) is 11.8 Å². The topological polar surface area (TPSA) is 18.5 Å². The van der Waals surface area contributed by atoms with E-state index in [9.17, 15) is 0 Å². The van der Waals surface area contributed by atoms with Crippen molar-refractivity contribution in [3.8, 4) is 0 Å². The molecule has 3 nitrogen and oxygen atoms in total. The number of likely N-dealkylation sites (tertiary alicyclic amines) is 1. The van der Waals surface area contributed by atoms with Crippen LogP contribution in [0, 0.1) is 11.8 Å². The van der Waals surface area contributed by atoms with Gasteiger partial charge in [-0.1, -0.05) is 19.3 Å². The molecular weight excluding hydrogens is 246 g/mol. The van der Waals surface area contributed by atoms with Gasteiger partial charge in [-0.3, -0.25) is 0 Å². The minimum atomic E-state index is 0.787. The van der Waals surface area contributed by atoms with Crippen LogP contribution in [0.1, 0.15) is 44.9 Å². The minimum Gasteiger partial charge on any atom is -0.311 e. The van der Waals surface area contributed by atoms with E-state index in [0.29, 0.717) is 0 Å². The summed E-state index contributed by atoms with van der Waals surface area (Å²) in [5.74, 6) is 1.92. The Bertz CT molecular complexity index is 280. The first-order valence-corrected chi connectivity index (χ1v) is 8.95. The fourth-order valence-electron chi connectivity index (χ4n) is 4.47. The van der Waals surface area contributed by atoms with Crippen molar-refractivity contribution in [2.45, 2.75) is 51.0 Å². The van der Waals surface area contributed by atoms with Crippen molar-refractivity contribution in [2.75, 3.05) is 46.3 Å². The molecule has 3 heteroatoms. The second kappa shape index (κ2) is 7.24. The highest BCUT2D eigenvalue weighted by Crippen LogP contribution is 2.28. The van der Waals surface area contributed by atoms with E-state index in [1.54, 1.807) is 0 Å². The fraction of sp³-hybridized carbons (Fsp3) is 1.00. The van der Waals surface area contributed by atoms with E-state index in [-0.39, 0.29) is 0 Å². The zero-order chi connectivity index (χ0) is 13.8. The lowest BCUT2D eigenvalue weighted by atomic mass is 9.83. The molecule has 1 atom stereocenters. The molecule has 3 aliphatic rings. The Hall–Kier alpha value is -0.120. The number of hydrogen-bond acceptors (Lipinski definition) is 3. The molecule has 0 amide bonds. The molecule has 2 heterocycles. The molecule has 2 saturated heterocycles. The molecule has 2 aliphatic heterocycles. The van der Waals surface area contributed by atoms with Gasteiger partial charge in [0.05, 0.1) is 0 Å². The van der Waals surface area contributed by atoms with Crippen LogP contribution in [0.25, 0.3) is 0 Å². The Labute approximate surface area is 125 Å². The maximum atomic E-state index is 3.81. The highest BCUT2D eigenvalue weighted by atomic mass is 15.2. The molecule has 3 rings (SSSR count). The molecule has 0 aromatic rings. The van der Waals surface area contributed by atoms with Crippen molar-refractivity contribution in [1.82, 2.24) is 15.1 Å². The van der Waals surface area contributed by atoms with E-state index in [4.69, 9.17) is 0 Å². The summed E-state index contributed by atoms with van der Waals surface area (Å²) in [6.07, 6.45) is 10.2. The number of nitrogens with zero attached hydrogens (tertiary/aromatic N) is 2. The van der Waals surface area contributed by atoms with E-state index >= 15 is 0 Å². The third-order valence-electron chi connectivity index (χ3n) is 5.86. The highest BCUT2D eigenvalue weighted by Gasteiger charge is 2.29. The van der Waals surface area contributed by atoms with Gasteiger partial charge in [-0.25, -0.2) is 0 Å². The Morgan fingerprint density at radius 3 is 2.45 bits per heavy atom. The molecule has 116 valence electrons. The normalized spacial score (nSPS) is 32.5. The molecule has 0 aromatic carbocycles. The molecule has 0 aromatic heterocycles. The number of hydrogen-bond donors (Lipinski definition) is 1. The summed E-state index contributed by atoms with van der Waals surface area (Å²) in [4.78, 5) is 5.25. The summed E-state index contributed by atoms with van der Waals surface area (Å²) in [6.45, 7) is 7.78. The van der Waals surface area contributed by atoms with E-state index in [0.717, 1.165) is 17.9 Å². The minimum absolute atomic E-state index is 0.787. The molecule has 0 spiro atoms. The van der Waals surface area contributed by atoms with Crippen molar-refractivity contribution < 1.29 is 0 Å². The average Bonchev–Trinajstić information content (AvgIpc) is 2.51. The van der Waals surface area contributed by atoms with Gasteiger partial charge in [0.25, 0.3) is 0 Å². The predicted octanol–water partition coefficient (Wildman–Crippen LogP) is 2.18. The maximum Gasteiger partial charge on any atom is 0.0223 e. The standard InChI is InChI=1S/C17H33N3/c1-19-10-7-15(8-11-19)13-20-12-9-18-17(14-20)16-5-3-2-4-6-16/h15-18H,2-14H2,1H3. The van der Waals surface area contributed by atoms with Crippen LogP contribution < -0.4 is 5.32 Å². The average molecular weight is 279 g/mol. The molecule has 1 saturated carbocycles. The fourth-order valence-corrected chi connectivity index (χ4v) is 4.47. The Balaban J connectivity index is 1.45. The number of piperazine rings is 1. The van der Waals surface area contributed by atoms with Crippen LogP contribution in [0.5, 0.6) is 0 Å².